The number of pyridine rings is 2. The van der Waals surface area contributed by atoms with Gasteiger partial charge in [0.2, 0.25) is 0 Å². The number of nitrogens with zero attached hydrogens (tertiary/aromatic N) is 3. The SMILES string of the molecule is C#Cc1cnccc1-c1cc(Cl)c(C(=O)Nc2cnc(C(=O)N3CCC(F)(F)CC3)c(Cl)c2)cc1F. The lowest BCUT2D eigenvalue weighted by Gasteiger charge is -2.31. The Morgan fingerprint density at radius 3 is 2.47 bits per heavy atom. The molecular weight excluding hydrogens is 516 g/mol. The number of anilines is 1. The van der Waals surface area contributed by atoms with Gasteiger partial charge in [-0.25, -0.2) is 18.2 Å². The second-order valence-corrected chi connectivity index (χ2v) is 8.85. The molecule has 0 atom stereocenters. The second-order valence-electron chi connectivity index (χ2n) is 8.03. The van der Waals surface area contributed by atoms with Gasteiger partial charge in [0, 0.05) is 49.5 Å². The minimum absolute atomic E-state index is 0.0311. The number of carbonyl (C=O) groups excluding carboxylic acids is 2. The van der Waals surface area contributed by atoms with Crippen LogP contribution in [0.15, 0.2) is 42.9 Å². The quantitative estimate of drug-likeness (QED) is 0.437. The molecule has 6 nitrogen and oxygen atoms in total. The summed E-state index contributed by atoms with van der Waals surface area (Å²) >= 11 is 12.5. The first-order valence-corrected chi connectivity index (χ1v) is 11.4. The van der Waals surface area contributed by atoms with Crippen LogP contribution in [-0.4, -0.2) is 45.7 Å². The highest BCUT2D eigenvalue weighted by Crippen LogP contribution is 2.32. The van der Waals surface area contributed by atoms with E-state index in [2.05, 4.69) is 21.2 Å². The lowest BCUT2D eigenvalue weighted by molar-refractivity contribution is -0.0495. The Morgan fingerprint density at radius 1 is 1.08 bits per heavy atom. The smallest absolute Gasteiger partial charge is 0.274 e. The van der Waals surface area contributed by atoms with Crippen LogP contribution < -0.4 is 5.32 Å². The minimum atomic E-state index is -2.80. The highest BCUT2D eigenvalue weighted by molar-refractivity contribution is 6.35. The molecule has 0 radical (unpaired) electrons. The van der Waals surface area contributed by atoms with Crippen LogP contribution in [0.4, 0.5) is 18.9 Å². The van der Waals surface area contributed by atoms with Gasteiger partial charge >= 0.3 is 0 Å². The van der Waals surface area contributed by atoms with Crippen LogP contribution in [0.3, 0.4) is 0 Å². The normalized spacial score (nSPS) is 14.7. The Morgan fingerprint density at radius 2 is 1.81 bits per heavy atom. The Hall–Kier alpha value is -3.61. The van der Waals surface area contributed by atoms with Crippen molar-refractivity contribution in [1.82, 2.24) is 14.9 Å². The van der Waals surface area contributed by atoms with Crippen LogP contribution >= 0.6 is 23.2 Å². The average molecular weight is 533 g/mol. The van der Waals surface area contributed by atoms with Gasteiger partial charge < -0.3 is 10.2 Å². The molecule has 3 heterocycles. The van der Waals surface area contributed by atoms with Gasteiger partial charge in [-0.2, -0.15) is 0 Å². The number of alkyl halides is 2. The number of hydrogen-bond acceptors (Lipinski definition) is 4. The fourth-order valence-electron chi connectivity index (χ4n) is 3.72. The second kappa shape index (κ2) is 10.2. The number of hydrogen-bond donors (Lipinski definition) is 1. The summed E-state index contributed by atoms with van der Waals surface area (Å²) < 4.78 is 41.7. The van der Waals surface area contributed by atoms with Crippen molar-refractivity contribution in [2.24, 2.45) is 0 Å². The van der Waals surface area contributed by atoms with Gasteiger partial charge in [0.1, 0.15) is 11.5 Å². The largest absolute Gasteiger partial charge is 0.337 e. The summed E-state index contributed by atoms with van der Waals surface area (Å²) in [6, 6.07) is 5.09. The lowest BCUT2D eigenvalue weighted by atomic mass is 10.00. The molecule has 1 aromatic carbocycles. The number of carbonyl (C=O) groups is 2. The summed E-state index contributed by atoms with van der Waals surface area (Å²) in [4.78, 5) is 34.6. The van der Waals surface area contributed by atoms with Crippen molar-refractivity contribution >= 4 is 40.7 Å². The number of amides is 2. The van der Waals surface area contributed by atoms with E-state index in [1.807, 2.05) is 0 Å². The number of likely N-dealkylation sites (tertiary alicyclic amines) is 1. The van der Waals surface area contributed by atoms with Crippen LogP contribution in [0.25, 0.3) is 11.1 Å². The van der Waals surface area contributed by atoms with Crippen molar-refractivity contribution in [3.63, 3.8) is 0 Å². The molecule has 1 aliphatic rings. The number of halogens is 5. The van der Waals surface area contributed by atoms with E-state index in [4.69, 9.17) is 29.6 Å². The molecule has 2 aromatic heterocycles. The standard InChI is InChI=1S/C25H17Cl2F3N4O2/c1-2-14-12-31-6-3-16(14)17-10-19(26)18(11-21(17)28)23(35)33-15-9-20(27)22(32-13-15)24(36)34-7-4-25(29,30)5-8-34/h1,3,6,9-13H,4-5,7-8H2,(H,33,35). The van der Waals surface area contributed by atoms with E-state index in [-0.39, 0.29) is 45.6 Å². The summed E-state index contributed by atoms with van der Waals surface area (Å²) in [6.07, 6.45) is 8.63. The maximum Gasteiger partial charge on any atom is 0.274 e. The molecule has 3 aromatic rings. The maximum atomic E-state index is 14.9. The van der Waals surface area contributed by atoms with Crippen LogP contribution in [-0.2, 0) is 0 Å². The van der Waals surface area contributed by atoms with Gasteiger partial charge in [-0.3, -0.25) is 14.6 Å². The molecule has 11 heteroatoms. The number of benzene rings is 1. The van der Waals surface area contributed by atoms with Crippen LogP contribution in [0.1, 0.15) is 39.3 Å². The third-order valence-electron chi connectivity index (χ3n) is 5.65. The number of aromatic nitrogens is 2. The van der Waals surface area contributed by atoms with Crippen molar-refractivity contribution in [2.45, 2.75) is 18.8 Å². The highest BCUT2D eigenvalue weighted by Gasteiger charge is 2.36. The van der Waals surface area contributed by atoms with Crippen LogP contribution in [0, 0.1) is 18.2 Å². The molecule has 2 amide bonds. The first kappa shape index (κ1) is 25.5. The zero-order chi connectivity index (χ0) is 26.0. The van der Waals surface area contributed by atoms with Gasteiger partial charge in [-0.05, 0) is 24.3 Å². The number of nitrogens with one attached hydrogen (secondary N) is 1. The summed E-state index contributed by atoms with van der Waals surface area (Å²) in [5.41, 5.74) is 0.700. The number of piperidine rings is 1. The number of terminal acetylenes is 1. The summed E-state index contributed by atoms with van der Waals surface area (Å²) in [5.74, 6) is -2.44. The minimum Gasteiger partial charge on any atom is -0.337 e. The van der Waals surface area contributed by atoms with Crippen molar-refractivity contribution < 1.29 is 22.8 Å². The molecule has 4 rings (SSSR count). The van der Waals surface area contributed by atoms with Crippen molar-refractivity contribution in [2.75, 3.05) is 18.4 Å². The molecular formula is C25H17Cl2F3N4O2. The molecule has 1 aliphatic heterocycles. The van der Waals surface area contributed by atoms with Crippen molar-refractivity contribution in [3.05, 3.63) is 75.5 Å². The van der Waals surface area contributed by atoms with Gasteiger partial charge in [0.05, 0.1) is 33.1 Å². The van der Waals surface area contributed by atoms with E-state index in [0.717, 1.165) is 6.07 Å². The van der Waals surface area contributed by atoms with Gasteiger partial charge in [0.25, 0.3) is 17.7 Å². The van der Waals surface area contributed by atoms with Gasteiger partial charge in [0.15, 0.2) is 0 Å². The molecule has 1 fully saturated rings. The van der Waals surface area contributed by atoms with E-state index in [1.165, 1.54) is 41.7 Å². The molecule has 36 heavy (non-hydrogen) atoms. The molecule has 0 unspecified atom stereocenters. The molecule has 1 saturated heterocycles. The van der Waals surface area contributed by atoms with Crippen molar-refractivity contribution in [1.29, 1.82) is 0 Å². The zero-order valence-corrected chi connectivity index (χ0v) is 20.0. The predicted molar refractivity (Wildman–Crippen MR) is 130 cm³/mol. The lowest BCUT2D eigenvalue weighted by Crippen LogP contribution is -2.43. The maximum absolute atomic E-state index is 14.9. The monoisotopic (exact) mass is 532 g/mol. The van der Waals surface area contributed by atoms with Crippen LogP contribution in [0.2, 0.25) is 10.0 Å². The first-order chi connectivity index (χ1) is 17.1. The summed E-state index contributed by atoms with van der Waals surface area (Å²) in [7, 11) is 0. The Labute approximate surface area is 214 Å². The highest BCUT2D eigenvalue weighted by atomic mass is 35.5. The van der Waals surface area contributed by atoms with Crippen molar-refractivity contribution in [3.8, 4) is 23.5 Å². The Kier molecular flexibility index (Phi) is 7.20. The molecule has 0 aliphatic carbocycles. The molecule has 0 saturated carbocycles. The van der Waals surface area contributed by atoms with E-state index in [1.54, 1.807) is 0 Å². The van der Waals surface area contributed by atoms with E-state index in [9.17, 15) is 22.8 Å². The summed E-state index contributed by atoms with van der Waals surface area (Å²) in [5, 5.41) is 2.39. The topological polar surface area (TPSA) is 75.2 Å². The third kappa shape index (κ3) is 5.30. The summed E-state index contributed by atoms with van der Waals surface area (Å²) in [6.45, 7) is -0.241. The molecule has 0 bridgehead atoms. The van der Waals surface area contributed by atoms with Crippen LogP contribution in [0.5, 0.6) is 0 Å². The molecule has 1 N–H and O–H groups in total. The fraction of sp³-hybridized carbons (Fsp3) is 0.200. The van der Waals surface area contributed by atoms with Gasteiger partial charge in [-0.15, -0.1) is 6.42 Å². The fourth-order valence-corrected chi connectivity index (χ4v) is 4.22. The number of rotatable bonds is 4. The third-order valence-corrected chi connectivity index (χ3v) is 6.25. The van der Waals surface area contributed by atoms with E-state index < -0.39 is 36.4 Å². The molecule has 0 spiro atoms. The van der Waals surface area contributed by atoms with E-state index in [0.29, 0.717) is 11.1 Å². The van der Waals surface area contributed by atoms with E-state index >= 15 is 0 Å². The van der Waals surface area contributed by atoms with Gasteiger partial charge in [-0.1, -0.05) is 29.1 Å². The average Bonchev–Trinajstić information content (AvgIpc) is 2.85. The Bertz CT molecular complexity index is 1400. The first-order valence-electron chi connectivity index (χ1n) is 10.6. The Balaban J connectivity index is 1.52. The zero-order valence-electron chi connectivity index (χ0n) is 18.5. The molecule has 184 valence electrons. The predicted octanol–water partition coefficient (Wildman–Crippen LogP) is 5.69.